The lowest BCUT2D eigenvalue weighted by Crippen LogP contribution is -2.47. The largest absolute Gasteiger partial charge is 0.350 e. The smallest absolute Gasteiger partial charge is 0.320 e. The molecule has 0 aromatic rings. The fourth-order valence-corrected chi connectivity index (χ4v) is 3.11. The van der Waals surface area contributed by atoms with Gasteiger partial charge >= 0.3 is 6.03 Å². The molecule has 0 radical (unpaired) electrons. The molecule has 1 N–H and O–H groups in total. The summed E-state index contributed by atoms with van der Waals surface area (Å²) in [7, 11) is 1.47. The Morgan fingerprint density at radius 3 is 2.83 bits per heavy atom. The van der Waals surface area contributed by atoms with E-state index in [1.54, 1.807) is 12.2 Å². The topological polar surface area (TPSA) is 52.7 Å². The van der Waals surface area contributed by atoms with Gasteiger partial charge in [-0.15, -0.1) is 11.6 Å². The summed E-state index contributed by atoms with van der Waals surface area (Å²) in [5.41, 5.74) is 0.718. The summed E-state index contributed by atoms with van der Waals surface area (Å²) in [5, 5.41) is 3.02. The molecule has 0 aromatic heterocycles. The van der Waals surface area contributed by atoms with Gasteiger partial charge in [-0.05, 0) is 5.57 Å². The van der Waals surface area contributed by atoms with Crippen molar-refractivity contribution in [2.45, 2.75) is 24.3 Å². The van der Waals surface area contributed by atoms with Crippen LogP contribution in [0.25, 0.3) is 0 Å². The molecular weight excluding hydrogens is 351 g/mol. The number of likely N-dealkylation sites (N-methyl/N-ethyl adjacent to an activating group) is 1. The third-order valence-electron chi connectivity index (χ3n) is 3.71. The number of rotatable bonds is 5. The van der Waals surface area contributed by atoms with Crippen molar-refractivity contribution in [3.05, 3.63) is 22.8 Å². The minimum absolute atomic E-state index is 0.0732. The molecule has 23 heavy (non-hydrogen) atoms. The average molecular weight is 368 g/mol. The van der Waals surface area contributed by atoms with Crippen LogP contribution in [0.5, 0.6) is 0 Å². The fraction of sp³-hybridized carbons (Fsp3) is 0.571. The van der Waals surface area contributed by atoms with Crippen molar-refractivity contribution in [1.29, 1.82) is 0 Å². The number of carbonyl (C=O) groups is 2. The van der Waals surface area contributed by atoms with Crippen molar-refractivity contribution < 1.29 is 18.4 Å². The van der Waals surface area contributed by atoms with E-state index in [2.05, 4.69) is 5.32 Å². The number of nitrogens with one attached hydrogen (secondary N) is 1. The van der Waals surface area contributed by atoms with E-state index in [-0.39, 0.29) is 18.5 Å². The lowest BCUT2D eigenvalue weighted by atomic mass is 10.1. The Morgan fingerprint density at radius 1 is 1.52 bits per heavy atom. The average Bonchev–Trinajstić information content (AvgIpc) is 2.74. The Kier molecular flexibility index (Phi) is 5.86. The van der Waals surface area contributed by atoms with Crippen LogP contribution in [0.4, 0.5) is 13.6 Å². The lowest BCUT2D eigenvalue weighted by molar-refractivity contribution is -0.124. The Labute approximate surface area is 142 Å². The highest BCUT2D eigenvalue weighted by Crippen LogP contribution is 2.25. The fourth-order valence-electron chi connectivity index (χ4n) is 2.50. The van der Waals surface area contributed by atoms with E-state index in [1.807, 2.05) is 0 Å². The highest BCUT2D eigenvalue weighted by molar-refractivity contribution is 6.31. The summed E-state index contributed by atoms with van der Waals surface area (Å²) in [5.74, 6) is -0.485. The van der Waals surface area contributed by atoms with Gasteiger partial charge in [-0.3, -0.25) is 4.79 Å². The quantitative estimate of drug-likeness (QED) is 0.757. The first kappa shape index (κ1) is 18.0. The highest BCUT2D eigenvalue weighted by Gasteiger charge is 2.40. The molecule has 9 heteroatoms. The maximum Gasteiger partial charge on any atom is 0.320 e. The molecule has 3 amide bonds. The van der Waals surface area contributed by atoms with Crippen LogP contribution in [0.15, 0.2) is 22.8 Å². The minimum Gasteiger partial charge on any atom is -0.350 e. The van der Waals surface area contributed by atoms with E-state index in [4.69, 9.17) is 23.2 Å². The summed E-state index contributed by atoms with van der Waals surface area (Å²) in [6.45, 7) is -0.531. The maximum atomic E-state index is 12.6. The van der Waals surface area contributed by atoms with Crippen LogP contribution in [-0.2, 0) is 4.79 Å². The van der Waals surface area contributed by atoms with Gasteiger partial charge in [0.2, 0.25) is 5.91 Å². The summed E-state index contributed by atoms with van der Waals surface area (Å²) in [6.07, 6.45) is 1.28. The molecule has 1 aliphatic carbocycles. The van der Waals surface area contributed by atoms with Crippen molar-refractivity contribution >= 4 is 35.1 Å². The number of carbonyl (C=O) groups excluding carboxylic acids is 2. The van der Waals surface area contributed by atoms with E-state index in [0.29, 0.717) is 11.5 Å². The normalized spacial score (nSPS) is 24.9. The SMILES string of the molecule is CN1CC(C(=O)NCC2=C(Cl)CC(Cl)C=C2)N(CC(F)F)C1=O. The Balaban J connectivity index is 1.98. The second-order valence-electron chi connectivity index (χ2n) is 5.45. The van der Waals surface area contributed by atoms with Gasteiger partial charge in [0.05, 0.1) is 18.5 Å². The number of amides is 3. The molecule has 0 aromatic carbocycles. The van der Waals surface area contributed by atoms with Crippen LogP contribution in [0.1, 0.15) is 6.42 Å². The number of hydrogen-bond acceptors (Lipinski definition) is 2. The third-order valence-corrected chi connectivity index (χ3v) is 4.41. The van der Waals surface area contributed by atoms with Gasteiger partial charge in [-0.25, -0.2) is 13.6 Å². The van der Waals surface area contributed by atoms with Gasteiger partial charge in [0, 0.05) is 25.0 Å². The zero-order valence-corrected chi connectivity index (χ0v) is 13.9. The van der Waals surface area contributed by atoms with E-state index in [0.717, 1.165) is 10.5 Å². The minimum atomic E-state index is -2.69. The van der Waals surface area contributed by atoms with Crippen LogP contribution >= 0.6 is 23.2 Å². The molecule has 1 fully saturated rings. The predicted octanol–water partition coefficient (Wildman–Crippen LogP) is 2.16. The summed E-state index contributed by atoms with van der Waals surface area (Å²) < 4.78 is 25.2. The van der Waals surface area contributed by atoms with Crippen LogP contribution in [0, 0.1) is 0 Å². The van der Waals surface area contributed by atoms with Crippen LogP contribution in [0.2, 0.25) is 0 Å². The summed E-state index contributed by atoms with van der Waals surface area (Å²) in [6, 6.07) is -1.51. The number of allylic oxidation sites excluding steroid dienone is 2. The van der Waals surface area contributed by atoms with E-state index < -0.39 is 31.0 Å². The maximum absolute atomic E-state index is 12.6. The lowest BCUT2D eigenvalue weighted by Gasteiger charge is -2.22. The zero-order chi connectivity index (χ0) is 17.1. The number of alkyl halides is 3. The summed E-state index contributed by atoms with van der Waals surface area (Å²) in [4.78, 5) is 26.2. The summed E-state index contributed by atoms with van der Waals surface area (Å²) >= 11 is 12.0. The van der Waals surface area contributed by atoms with E-state index >= 15 is 0 Å². The monoisotopic (exact) mass is 367 g/mol. The van der Waals surface area contributed by atoms with Gasteiger partial charge in [-0.1, -0.05) is 23.8 Å². The molecule has 2 atom stereocenters. The number of urea groups is 1. The van der Waals surface area contributed by atoms with Crippen LogP contribution in [0.3, 0.4) is 0 Å². The van der Waals surface area contributed by atoms with E-state index in [9.17, 15) is 18.4 Å². The molecule has 128 valence electrons. The van der Waals surface area contributed by atoms with Gasteiger partial charge in [-0.2, -0.15) is 0 Å². The molecule has 2 aliphatic rings. The molecule has 1 aliphatic heterocycles. The van der Waals surface area contributed by atoms with Crippen molar-refractivity contribution in [1.82, 2.24) is 15.1 Å². The second kappa shape index (κ2) is 7.49. The van der Waals surface area contributed by atoms with Gasteiger partial charge in [0.15, 0.2) is 0 Å². The molecule has 5 nitrogen and oxygen atoms in total. The molecule has 2 rings (SSSR count). The number of halogens is 4. The number of nitrogens with zero attached hydrogens (tertiary/aromatic N) is 2. The molecule has 0 bridgehead atoms. The zero-order valence-electron chi connectivity index (χ0n) is 12.4. The first-order valence-corrected chi connectivity index (χ1v) is 7.88. The van der Waals surface area contributed by atoms with Gasteiger partial charge in [0.25, 0.3) is 6.43 Å². The van der Waals surface area contributed by atoms with Crippen molar-refractivity contribution in [2.75, 3.05) is 26.7 Å². The van der Waals surface area contributed by atoms with Gasteiger partial charge in [0.1, 0.15) is 6.04 Å². The van der Waals surface area contributed by atoms with Gasteiger partial charge < -0.3 is 15.1 Å². The third kappa shape index (κ3) is 4.35. The Bertz CT molecular complexity index is 554. The predicted molar refractivity (Wildman–Crippen MR) is 83.8 cm³/mol. The first-order valence-electron chi connectivity index (χ1n) is 7.07. The van der Waals surface area contributed by atoms with Crippen LogP contribution in [-0.4, -0.2) is 66.3 Å². The van der Waals surface area contributed by atoms with Crippen molar-refractivity contribution in [3.8, 4) is 0 Å². The Hall–Kier alpha value is -1.34. The standard InChI is InChI=1S/C14H17Cl2F2N3O2/c1-20-6-11(21(14(20)23)7-12(17)18)13(22)19-5-8-2-3-9(15)4-10(8)16/h2-3,9,11-12H,4-7H2,1H3,(H,19,22). The van der Waals surface area contributed by atoms with Crippen molar-refractivity contribution in [3.63, 3.8) is 0 Å². The number of hydrogen-bond donors (Lipinski definition) is 1. The molecule has 1 heterocycles. The highest BCUT2D eigenvalue weighted by atomic mass is 35.5. The molecular formula is C14H17Cl2F2N3O2. The van der Waals surface area contributed by atoms with Crippen LogP contribution < -0.4 is 5.32 Å². The van der Waals surface area contributed by atoms with Crippen molar-refractivity contribution in [2.24, 2.45) is 0 Å². The molecule has 0 spiro atoms. The molecule has 0 saturated carbocycles. The van der Waals surface area contributed by atoms with E-state index in [1.165, 1.54) is 11.9 Å². The molecule has 2 unspecified atom stereocenters. The molecule has 1 saturated heterocycles. The Morgan fingerprint density at radius 2 is 2.22 bits per heavy atom. The first-order chi connectivity index (χ1) is 10.8. The second-order valence-corrected chi connectivity index (χ2v) is 6.47.